The molecule has 0 amide bonds. The molecular weight excluding hydrogens is 156 g/mol. The second-order valence-corrected chi connectivity index (χ2v) is 3.13. The maximum absolute atomic E-state index is 10.2. The molecule has 0 aromatic rings. The van der Waals surface area contributed by atoms with Gasteiger partial charge < -0.3 is 10.4 Å². The average Bonchev–Trinajstić information content (AvgIpc) is 2.49. The molecule has 1 aliphatic rings. The van der Waals surface area contributed by atoms with Crippen molar-refractivity contribution in [3.05, 3.63) is 0 Å². The van der Waals surface area contributed by atoms with Crippen LogP contribution in [0.3, 0.4) is 0 Å². The Kier molecular flexibility index (Phi) is 4.04. The molecule has 1 rings (SSSR count). The largest absolute Gasteiger partial charge is 0.481 e. The highest BCUT2D eigenvalue weighted by atomic mass is 16.4. The minimum atomic E-state index is -0.686. The molecule has 1 saturated heterocycles. The monoisotopic (exact) mass is 172 g/mol. The van der Waals surface area contributed by atoms with E-state index in [2.05, 4.69) is 10.2 Å². The number of unbranched alkanes of at least 4 members (excludes halogenated alkanes) is 1. The topological polar surface area (TPSA) is 52.6 Å². The van der Waals surface area contributed by atoms with Crippen LogP contribution in [0, 0.1) is 0 Å². The number of hydrogen-bond donors (Lipinski definition) is 2. The van der Waals surface area contributed by atoms with Gasteiger partial charge in [0.25, 0.3) is 0 Å². The molecule has 0 unspecified atom stereocenters. The van der Waals surface area contributed by atoms with Gasteiger partial charge in [-0.25, -0.2) is 0 Å². The molecule has 4 nitrogen and oxygen atoms in total. The minimum absolute atomic E-state index is 0.307. The van der Waals surface area contributed by atoms with E-state index in [0.29, 0.717) is 6.42 Å². The van der Waals surface area contributed by atoms with Crippen molar-refractivity contribution in [1.82, 2.24) is 10.2 Å². The lowest BCUT2D eigenvalue weighted by molar-refractivity contribution is -0.137. The molecular formula is C8H16N2O2. The second-order valence-electron chi connectivity index (χ2n) is 3.13. The number of nitrogens with one attached hydrogen (secondary N) is 1. The molecule has 0 aromatic heterocycles. The highest BCUT2D eigenvalue weighted by Crippen LogP contribution is 2.00. The van der Waals surface area contributed by atoms with Gasteiger partial charge in [0.15, 0.2) is 0 Å². The van der Waals surface area contributed by atoms with Crippen LogP contribution in [0.5, 0.6) is 0 Å². The van der Waals surface area contributed by atoms with Crippen LogP contribution in [0.2, 0.25) is 0 Å². The Balaban J connectivity index is 1.91. The summed E-state index contributed by atoms with van der Waals surface area (Å²) < 4.78 is 0. The maximum Gasteiger partial charge on any atom is 0.303 e. The quantitative estimate of drug-likeness (QED) is 0.578. The van der Waals surface area contributed by atoms with Gasteiger partial charge >= 0.3 is 5.97 Å². The molecule has 4 heteroatoms. The summed E-state index contributed by atoms with van der Waals surface area (Å²) in [5, 5.41) is 11.6. The van der Waals surface area contributed by atoms with Gasteiger partial charge in [0, 0.05) is 26.2 Å². The molecule has 0 bridgehead atoms. The summed E-state index contributed by atoms with van der Waals surface area (Å²) in [5.74, 6) is -0.686. The molecule has 1 aliphatic heterocycles. The zero-order valence-electron chi connectivity index (χ0n) is 7.25. The summed E-state index contributed by atoms with van der Waals surface area (Å²) in [6.45, 7) is 4.17. The van der Waals surface area contributed by atoms with Crippen molar-refractivity contribution >= 4 is 5.97 Å². The number of rotatable bonds is 5. The van der Waals surface area contributed by atoms with E-state index in [0.717, 1.165) is 39.1 Å². The molecule has 12 heavy (non-hydrogen) atoms. The average molecular weight is 172 g/mol. The Morgan fingerprint density at radius 3 is 2.92 bits per heavy atom. The lowest BCUT2D eigenvalue weighted by Gasteiger charge is -2.12. The van der Waals surface area contributed by atoms with Gasteiger partial charge in [0.2, 0.25) is 0 Å². The van der Waals surface area contributed by atoms with Gasteiger partial charge in [-0.15, -0.1) is 0 Å². The molecule has 0 aliphatic carbocycles. The van der Waals surface area contributed by atoms with Crippen molar-refractivity contribution in [3.63, 3.8) is 0 Å². The number of carboxylic acid groups (broad SMARTS) is 1. The summed E-state index contributed by atoms with van der Waals surface area (Å²) >= 11 is 0. The van der Waals surface area contributed by atoms with E-state index in [1.165, 1.54) is 0 Å². The van der Waals surface area contributed by atoms with Crippen molar-refractivity contribution in [2.75, 3.05) is 26.3 Å². The third-order valence-electron chi connectivity index (χ3n) is 2.06. The zero-order chi connectivity index (χ0) is 8.81. The summed E-state index contributed by atoms with van der Waals surface area (Å²) in [4.78, 5) is 12.5. The van der Waals surface area contributed by atoms with Gasteiger partial charge in [-0.3, -0.25) is 9.69 Å². The maximum atomic E-state index is 10.2. The second kappa shape index (κ2) is 5.11. The summed E-state index contributed by atoms with van der Waals surface area (Å²) in [6.07, 6.45) is 2.10. The van der Waals surface area contributed by atoms with Crippen LogP contribution in [-0.2, 0) is 4.79 Å². The Bertz CT molecular complexity index is 144. The Hall–Kier alpha value is -0.610. The predicted octanol–water partition coefficient (Wildman–Crippen LogP) is 0.104. The van der Waals surface area contributed by atoms with Crippen LogP contribution in [0.25, 0.3) is 0 Å². The van der Waals surface area contributed by atoms with Gasteiger partial charge in [-0.05, 0) is 19.4 Å². The highest BCUT2D eigenvalue weighted by Gasteiger charge is 2.09. The molecule has 0 atom stereocenters. The Labute approximate surface area is 72.6 Å². The van der Waals surface area contributed by atoms with E-state index in [-0.39, 0.29) is 0 Å². The molecule has 1 fully saturated rings. The fourth-order valence-electron chi connectivity index (χ4n) is 1.36. The van der Waals surface area contributed by atoms with Gasteiger partial charge in [-0.2, -0.15) is 0 Å². The fraction of sp³-hybridized carbons (Fsp3) is 0.875. The fourth-order valence-corrected chi connectivity index (χ4v) is 1.36. The number of nitrogens with zero attached hydrogens (tertiary/aromatic N) is 1. The molecule has 0 aromatic carbocycles. The number of aliphatic carboxylic acids is 1. The third-order valence-corrected chi connectivity index (χ3v) is 2.06. The number of carbonyl (C=O) groups is 1. The first-order valence-corrected chi connectivity index (χ1v) is 4.44. The normalized spacial score (nSPS) is 18.3. The lowest BCUT2D eigenvalue weighted by atomic mass is 10.2. The van der Waals surface area contributed by atoms with Crippen LogP contribution < -0.4 is 5.32 Å². The summed E-state index contributed by atoms with van der Waals surface area (Å²) in [5.41, 5.74) is 0. The van der Waals surface area contributed by atoms with Crippen molar-refractivity contribution in [1.29, 1.82) is 0 Å². The number of carboxylic acids is 1. The minimum Gasteiger partial charge on any atom is -0.481 e. The van der Waals surface area contributed by atoms with Gasteiger partial charge in [0.05, 0.1) is 0 Å². The molecule has 70 valence electrons. The summed E-state index contributed by atoms with van der Waals surface area (Å²) in [7, 11) is 0. The lowest BCUT2D eigenvalue weighted by Crippen LogP contribution is -2.23. The first-order valence-electron chi connectivity index (χ1n) is 4.44. The van der Waals surface area contributed by atoms with E-state index in [4.69, 9.17) is 5.11 Å². The van der Waals surface area contributed by atoms with E-state index in [9.17, 15) is 4.79 Å². The van der Waals surface area contributed by atoms with Gasteiger partial charge in [-0.1, -0.05) is 0 Å². The van der Waals surface area contributed by atoms with Crippen LogP contribution in [0.4, 0.5) is 0 Å². The smallest absolute Gasteiger partial charge is 0.303 e. The van der Waals surface area contributed by atoms with Gasteiger partial charge in [0.1, 0.15) is 0 Å². The van der Waals surface area contributed by atoms with Crippen LogP contribution in [0.15, 0.2) is 0 Å². The Morgan fingerprint density at radius 1 is 1.50 bits per heavy atom. The first kappa shape index (κ1) is 9.48. The zero-order valence-corrected chi connectivity index (χ0v) is 7.25. The van der Waals surface area contributed by atoms with E-state index in [1.54, 1.807) is 0 Å². The standard InChI is InChI=1S/C8H16N2O2/c11-8(12)3-1-2-5-10-6-4-9-7-10/h9H,1-7H2,(H,11,12). The first-order chi connectivity index (χ1) is 5.79. The van der Waals surface area contributed by atoms with Crippen LogP contribution >= 0.6 is 0 Å². The van der Waals surface area contributed by atoms with Crippen LogP contribution in [-0.4, -0.2) is 42.3 Å². The van der Waals surface area contributed by atoms with E-state index in [1.807, 2.05) is 0 Å². The SMILES string of the molecule is O=C(O)CCCCN1CCNC1. The van der Waals surface area contributed by atoms with Crippen molar-refractivity contribution in [2.45, 2.75) is 19.3 Å². The number of hydrogen-bond acceptors (Lipinski definition) is 3. The molecule has 1 heterocycles. The van der Waals surface area contributed by atoms with E-state index < -0.39 is 5.97 Å². The van der Waals surface area contributed by atoms with E-state index >= 15 is 0 Å². The molecule has 0 saturated carbocycles. The molecule has 0 spiro atoms. The highest BCUT2D eigenvalue weighted by molar-refractivity contribution is 5.66. The van der Waals surface area contributed by atoms with Crippen molar-refractivity contribution < 1.29 is 9.90 Å². The molecule has 0 radical (unpaired) electrons. The third kappa shape index (κ3) is 3.69. The van der Waals surface area contributed by atoms with Crippen molar-refractivity contribution in [3.8, 4) is 0 Å². The Morgan fingerprint density at radius 2 is 2.33 bits per heavy atom. The van der Waals surface area contributed by atoms with Crippen LogP contribution in [0.1, 0.15) is 19.3 Å². The van der Waals surface area contributed by atoms with Crippen molar-refractivity contribution in [2.24, 2.45) is 0 Å². The molecule has 2 N–H and O–H groups in total. The summed E-state index contributed by atoms with van der Waals surface area (Å²) in [6, 6.07) is 0. The predicted molar refractivity (Wildman–Crippen MR) is 45.9 cm³/mol.